The normalized spacial score (nSPS) is 11.9. The first-order valence-electron chi connectivity index (χ1n) is 6.09. The maximum absolute atomic E-state index is 12.2. The zero-order valence-electron chi connectivity index (χ0n) is 10.9. The van der Waals surface area contributed by atoms with Crippen LogP contribution in [0.1, 0.15) is 22.8 Å². The van der Waals surface area contributed by atoms with Crippen LogP contribution in [-0.2, 0) is 0 Å². The van der Waals surface area contributed by atoms with Crippen LogP contribution in [0.2, 0.25) is 5.02 Å². The molecule has 98 valence electrons. The highest BCUT2D eigenvalue weighted by molar-refractivity contribution is 6.30. The Hall–Kier alpha value is -1.80. The molecule has 0 aliphatic heterocycles. The van der Waals surface area contributed by atoms with E-state index < -0.39 is 6.10 Å². The van der Waals surface area contributed by atoms with Crippen molar-refractivity contribution >= 4 is 17.4 Å². The number of hydrogen-bond donors (Lipinski definition) is 0. The number of rotatable bonds is 4. The molecule has 0 radical (unpaired) electrons. The van der Waals surface area contributed by atoms with Crippen LogP contribution in [-0.4, -0.2) is 11.9 Å². The molecule has 0 heterocycles. The summed E-state index contributed by atoms with van der Waals surface area (Å²) in [6, 6.07) is 14.5. The number of hydrogen-bond acceptors (Lipinski definition) is 2. The van der Waals surface area contributed by atoms with Crippen molar-refractivity contribution in [3.05, 3.63) is 64.7 Å². The second-order valence-corrected chi connectivity index (χ2v) is 4.88. The summed E-state index contributed by atoms with van der Waals surface area (Å²) in [6.07, 6.45) is -0.524. The predicted octanol–water partition coefficient (Wildman–Crippen LogP) is 4.30. The third-order valence-electron chi connectivity index (χ3n) is 2.83. The Morgan fingerprint density at radius 2 is 1.63 bits per heavy atom. The van der Waals surface area contributed by atoms with Crippen molar-refractivity contribution in [2.24, 2.45) is 0 Å². The van der Waals surface area contributed by atoms with Gasteiger partial charge in [-0.15, -0.1) is 0 Å². The molecule has 0 bridgehead atoms. The SMILES string of the molecule is Cc1ccc(O[C@H](C)C(=O)c2ccc(Cl)cc2)cc1. The first-order valence-corrected chi connectivity index (χ1v) is 6.47. The van der Waals surface area contributed by atoms with Gasteiger partial charge in [-0.05, 0) is 50.2 Å². The van der Waals surface area contributed by atoms with Gasteiger partial charge in [-0.25, -0.2) is 0 Å². The topological polar surface area (TPSA) is 26.3 Å². The van der Waals surface area contributed by atoms with Crippen molar-refractivity contribution in [3.8, 4) is 5.75 Å². The Morgan fingerprint density at radius 1 is 1.05 bits per heavy atom. The van der Waals surface area contributed by atoms with Crippen molar-refractivity contribution in [1.82, 2.24) is 0 Å². The molecule has 0 fully saturated rings. The number of carbonyl (C=O) groups excluding carboxylic acids is 1. The summed E-state index contributed by atoms with van der Waals surface area (Å²) in [5, 5.41) is 0.614. The van der Waals surface area contributed by atoms with Crippen molar-refractivity contribution < 1.29 is 9.53 Å². The van der Waals surface area contributed by atoms with Gasteiger partial charge in [0.15, 0.2) is 6.10 Å². The second kappa shape index (κ2) is 5.89. The molecule has 2 aromatic carbocycles. The fraction of sp³-hybridized carbons (Fsp3) is 0.188. The zero-order valence-corrected chi connectivity index (χ0v) is 11.6. The van der Waals surface area contributed by atoms with Crippen LogP contribution in [0.3, 0.4) is 0 Å². The fourth-order valence-corrected chi connectivity index (χ4v) is 1.85. The lowest BCUT2D eigenvalue weighted by molar-refractivity contribution is 0.0818. The Bertz CT molecular complexity index is 558. The van der Waals surface area contributed by atoms with Gasteiger partial charge >= 0.3 is 0 Å². The lowest BCUT2D eigenvalue weighted by Crippen LogP contribution is -2.23. The van der Waals surface area contributed by atoms with Gasteiger partial charge in [0, 0.05) is 10.6 Å². The lowest BCUT2D eigenvalue weighted by Gasteiger charge is -2.14. The molecule has 19 heavy (non-hydrogen) atoms. The number of ketones is 1. The third kappa shape index (κ3) is 3.58. The zero-order chi connectivity index (χ0) is 13.8. The van der Waals surface area contributed by atoms with Gasteiger partial charge < -0.3 is 4.74 Å². The molecule has 0 aliphatic rings. The van der Waals surface area contributed by atoms with Gasteiger partial charge in [0.25, 0.3) is 0 Å². The predicted molar refractivity (Wildman–Crippen MR) is 77.1 cm³/mol. The van der Waals surface area contributed by atoms with Crippen LogP contribution in [0.5, 0.6) is 5.75 Å². The highest BCUT2D eigenvalue weighted by Gasteiger charge is 2.16. The summed E-state index contributed by atoms with van der Waals surface area (Å²) in [5.74, 6) is 0.637. The Labute approximate surface area is 118 Å². The van der Waals surface area contributed by atoms with E-state index in [2.05, 4.69) is 0 Å². The summed E-state index contributed by atoms with van der Waals surface area (Å²) >= 11 is 5.80. The van der Waals surface area contributed by atoms with E-state index in [1.807, 2.05) is 31.2 Å². The number of Topliss-reactive ketones (excluding diaryl/α,β-unsaturated/α-hetero) is 1. The molecule has 2 aromatic rings. The number of carbonyl (C=O) groups is 1. The summed E-state index contributed by atoms with van der Waals surface area (Å²) < 4.78 is 5.63. The third-order valence-corrected chi connectivity index (χ3v) is 3.08. The van der Waals surface area contributed by atoms with Crippen molar-refractivity contribution in [2.45, 2.75) is 20.0 Å². The van der Waals surface area contributed by atoms with E-state index in [0.717, 1.165) is 5.56 Å². The molecule has 0 saturated carbocycles. The average Bonchev–Trinajstić information content (AvgIpc) is 2.41. The van der Waals surface area contributed by atoms with Crippen LogP contribution in [0.4, 0.5) is 0 Å². The average molecular weight is 275 g/mol. The fourth-order valence-electron chi connectivity index (χ4n) is 1.72. The maximum atomic E-state index is 12.2. The van der Waals surface area contributed by atoms with Crippen LogP contribution in [0.15, 0.2) is 48.5 Å². The quantitative estimate of drug-likeness (QED) is 0.777. The largest absolute Gasteiger partial charge is 0.483 e. The van der Waals surface area contributed by atoms with Crippen LogP contribution in [0, 0.1) is 6.92 Å². The smallest absolute Gasteiger partial charge is 0.202 e. The van der Waals surface area contributed by atoms with Gasteiger partial charge in [0.05, 0.1) is 0 Å². The molecule has 0 spiro atoms. The standard InChI is InChI=1S/C16H15ClO2/c1-11-3-9-15(10-4-11)19-12(2)16(18)13-5-7-14(17)8-6-13/h3-10,12H,1-2H3/t12-/m1/s1. The van der Waals surface area contributed by atoms with E-state index in [1.165, 1.54) is 0 Å². The minimum Gasteiger partial charge on any atom is -0.483 e. The summed E-state index contributed by atoms with van der Waals surface area (Å²) in [5.41, 5.74) is 1.76. The van der Waals surface area contributed by atoms with Crippen molar-refractivity contribution in [2.75, 3.05) is 0 Å². The van der Waals surface area contributed by atoms with E-state index in [4.69, 9.17) is 16.3 Å². The van der Waals surface area contributed by atoms with Crippen LogP contribution >= 0.6 is 11.6 Å². The second-order valence-electron chi connectivity index (χ2n) is 4.44. The molecule has 0 saturated heterocycles. The van der Waals surface area contributed by atoms with Crippen molar-refractivity contribution in [1.29, 1.82) is 0 Å². The van der Waals surface area contributed by atoms with E-state index in [0.29, 0.717) is 16.3 Å². The summed E-state index contributed by atoms with van der Waals surface area (Å²) in [7, 11) is 0. The minimum atomic E-state index is -0.524. The highest BCUT2D eigenvalue weighted by Crippen LogP contribution is 2.16. The Balaban J connectivity index is 2.07. The Kier molecular flexibility index (Phi) is 4.23. The van der Waals surface area contributed by atoms with Gasteiger partial charge in [-0.2, -0.15) is 0 Å². The summed E-state index contributed by atoms with van der Waals surface area (Å²) in [6.45, 7) is 3.75. The highest BCUT2D eigenvalue weighted by atomic mass is 35.5. The maximum Gasteiger partial charge on any atom is 0.202 e. The van der Waals surface area contributed by atoms with E-state index in [1.54, 1.807) is 31.2 Å². The minimum absolute atomic E-state index is 0.0581. The van der Waals surface area contributed by atoms with E-state index in [9.17, 15) is 4.79 Å². The summed E-state index contributed by atoms with van der Waals surface area (Å²) in [4.78, 5) is 12.2. The molecule has 0 aromatic heterocycles. The first kappa shape index (κ1) is 13.6. The van der Waals surface area contributed by atoms with E-state index in [-0.39, 0.29) is 5.78 Å². The lowest BCUT2D eigenvalue weighted by atomic mass is 10.1. The molecule has 2 rings (SSSR count). The number of benzene rings is 2. The number of ether oxygens (including phenoxy) is 1. The molecule has 0 unspecified atom stereocenters. The number of halogens is 1. The molecular formula is C16H15ClO2. The van der Waals surface area contributed by atoms with Gasteiger partial charge in [0.2, 0.25) is 5.78 Å². The van der Waals surface area contributed by atoms with Gasteiger partial charge in [-0.1, -0.05) is 29.3 Å². The Morgan fingerprint density at radius 3 is 2.21 bits per heavy atom. The molecular weight excluding hydrogens is 260 g/mol. The molecule has 0 amide bonds. The number of aryl methyl sites for hydroxylation is 1. The molecule has 0 aliphatic carbocycles. The van der Waals surface area contributed by atoms with Crippen LogP contribution < -0.4 is 4.74 Å². The van der Waals surface area contributed by atoms with Gasteiger partial charge in [0.1, 0.15) is 5.75 Å². The molecule has 2 nitrogen and oxygen atoms in total. The first-order chi connectivity index (χ1) is 9.06. The van der Waals surface area contributed by atoms with Crippen molar-refractivity contribution in [3.63, 3.8) is 0 Å². The van der Waals surface area contributed by atoms with Gasteiger partial charge in [-0.3, -0.25) is 4.79 Å². The molecule has 1 atom stereocenters. The monoisotopic (exact) mass is 274 g/mol. The molecule has 0 N–H and O–H groups in total. The molecule has 3 heteroatoms. The van der Waals surface area contributed by atoms with E-state index >= 15 is 0 Å². The van der Waals surface area contributed by atoms with Crippen LogP contribution in [0.25, 0.3) is 0 Å².